The van der Waals surface area contributed by atoms with Gasteiger partial charge in [0.1, 0.15) is 4.83 Å². The lowest BCUT2D eigenvalue weighted by atomic mass is 10.2. The monoisotopic (exact) mass is 436 g/mol. The minimum absolute atomic E-state index is 0.0986. The molecule has 3 heterocycles. The van der Waals surface area contributed by atoms with Gasteiger partial charge in [-0.05, 0) is 43.7 Å². The van der Waals surface area contributed by atoms with Crippen LogP contribution in [-0.2, 0) is 11.3 Å². The van der Waals surface area contributed by atoms with Crippen molar-refractivity contribution in [1.29, 1.82) is 0 Å². The molecule has 0 aliphatic heterocycles. The molecule has 30 heavy (non-hydrogen) atoms. The first-order chi connectivity index (χ1) is 14.5. The number of pyridine rings is 1. The first-order valence-corrected chi connectivity index (χ1v) is 11.2. The lowest BCUT2D eigenvalue weighted by molar-refractivity contribution is -0.113. The summed E-state index contributed by atoms with van der Waals surface area (Å²) in [6, 6.07) is 14.9. The molecule has 6 nitrogen and oxygen atoms in total. The number of fused-ring (bicyclic) bond motifs is 1. The van der Waals surface area contributed by atoms with Gasteiger partial charge in [-0.2, -0.15) is 0 Å². The van der Waals surface area contributed by atoms with Gasteiger partial charge in [-0.15, -0.1) is 11.3 Å². The highest BCUT2D eigenvalue weighted by Crippen LogP contribution is 2.28. The summed E-state index contributed by atoms with van der Waals surface area (Å²) in [5.74, 6) is 0.00163. The molecule has 0 saturated heterocycles. The zero-order chi connectivity index (χ0) is 21.1. The van der Waals surface area contributed by atoms with Crippen molar-refractivity contribution in [3.8, 4) is 0 Å². The summed E-state index contributed by atoms with van der Waals surface area (Å²) >= 11 is 2.76. The summed E-state index contributed by atoms with van der Waals surface area (Å²) in [6.07, 6.45) is 1.70. The fourth-order valence-electron chi connectivity index (χ4n) is 3.06. The first kappa shape index (κ1) is 20.3. The Morgan fingerprint density at radius 3 is 2.63 bits per heavy atom. The lowest BCUT2D eigenvalue weighted by Gasteiger charge is -2.12. The number of rotatable bonds is 6. The third kappa shape index (κ3) is 4.29. The number of hydrogen-bond acceptors (Lipinski definition) is 6. The van der Waals surface area contributed by atoms with Crippen LogP contribution in [0.2, 0.25) is 0 Å². The van der Waals surface area contributed by atoms with E-state index < -0.39 is 0 Å². The zero-order valence-corrected chi connectivity index (χ0v) is 18.2. The second-order valence-corrected chi connectivity index (χ2v) is 8.92. The molecule has 8 heteroatoms. The Balaban J connectivity index is 1.66. The van der Waals surface area contributed by atoms with E-state index in [0.29, 0.717) is 21.9 Å². The van der Waals surface area contributed by atoms with E-state index in [4.69, 9.17) is 4.98 Å². The normalized spacial score (nSPS) is 11.0. The maximum absolute atomic E-state index is 13.3. The van der Waals surface area contributed by atoms with E-state index in [2.05, 4.69) is 10.3 Å². The molecule has 152 valence electrons. The average Bonchev–Trinajstić information content (AvgIpc) is 3.04. The molecule has 0 fully saturated rings. The van der Waals surface area contributed by atoms with Gasteiger partial charge in [0.05, 0.1) is 23.4 Å². The molecule has 0 aliphatic carbocycles. The first-order valence-electron chi connectivity index (χ1n) is 9.41. The minimum atomic E-state index is -0.150. The van der Waals surface area contributed by atoms with Crippen molar-refractivity contribution in [1.82, 2.24) is 14.5 Å². The van der Waals surface area contributed by atoms with Crippen LogP contribution in [0.25, 0.3) is 10.2 Å². The second-order valence-electron chi connectivity index (χ2n) is 6.77. The number of anilines is 1. The quantitative estimate of drug-likeness (QED) is 0.361. The fraction of sp³-hybridized carbons (Fsp3) is 0.182. The molecule has 0 atom stereocenters. The highest BCUT2D eigenvalue weighted by Gasteiger charge is 2.18. The molecular weight excluding hydrogens is 416 g/mol. The minimum Gasteiger partial charge on any atom is -0.325 e. The third-order valence-electron chi connectivity index (χ3n) is 4.69. The fourth-order valence-corrected chi connectivity index (χ4v) is 4.93. The smallest absolute Gasteiger partial charge is 0.263 e. The average molecular weight is 437 g/mol. The molecule has 0 bridgehead atoms. The van der Waals surface area contributed by atoms with Gasteiger partial charge in [0.15, 0.2) is 5.16 Å². The van der Waals surface area contributed by atoms with E-state index in [1.807, 2.05) is 62.4 Å². The number of hydrogen-bond donors (Lipinski definition) is 1. The number of nitrogens with zero attached hydrogens (tertiary/aromatic N) is 3. The van der Waals surface area contributed by atoms with Crippen LogP contribution in [0.5, 0.6) is 0 Å². The van der Waals surface area contributed by atoms with Crippen LogP contribution in [-0.4, -0.2) is 26.2 Å². The van der Waals surface area contributed by atoms with Crippen LogP contribution in [0.1, 0.15) is 16.1 Å². The van der Waals surface area contributed by atoms with Crippen molar-refractivity contribution >= 4 is 44.9 Å². The second kappa shape index (κ2) is 8.81. The molecule has 4 aromatic rings. The predicted octanol–water partition coefficient (Wildman–Crippen LogP) is 4.25. The van der Waals surface area contributed by atoms with Crippen LogP contribution in [0, 0.1) is 13.8 Å². The SMILES string of the molecule is Cc1sc2nc(SCC(=O)Nc3ccccc3)n(Cc3ccccn3)c(=O)c2c1C. The molecule has 1 aromatic carbocycles. The van der Waals surface area contributed by atoms with E-state index in [1.165, 1.54) is 23.1 Å². The molecule has 1 amide bonds. The number of thioether (sulfide) groups is 1. The number of carbonyl (C=O) groups excluding carboxylic acids is 1. The topological polar surface area (TPSA) is 76.9 Å². The molecule has 0 aliphatic rings. The highest BCUT2D eigenvalue weighted by molar-refractivity contribution is 7.99. The van der Waals surface area contributed by atoms with Crippen LogP contribution >= 0.6 is 23.1 Å². The van der Waals surface area contributed by atoms with Gasteiger partial charge in [0, 0.05) is 16.8 Å². The van der Waals surface area contributed by atoms with Gasteiger partial charge in [-0.1, -0.05) is 36.0 Å². The standard InChI is InChI=1S/C22H20N4O2S2/c1-14-15(2)30-20-19(14)21(28)26(12-17-10-6-7-11-23-17)22(25-20)29-13-18(27)24-16-8-4-3-5-9-16/h3-11H,12-13H2,1-2H3,(H,24,27). The summed E-state index contributed by atoms with van der Waals surface area (Å²) in [5, 5.41) is 4.02. The highest BCUT2D eigenvalue weighted by atomic mass is 32.2. The molecule has 4 rings (SSSR count). The van der Waals surface area contributed by atoms with Gasteiger partial charge in [0.25, 0.3) is 5.56 Å². The number of aryl methyl sites for hydroxylation is 2. The van der Waals surface area contributed by atoms with Crippen molar-refractivity contribution < 1.29 is 4.79 Å². The Morgan fingerprint density at radius 2 is 1.90 bits per heavy atom. The van der Waals surface area contributed by atoms with E-state index in [-0.39, 0.29) is 17.2 Å². The van der Waals surface area contributed by atoms with Gasteiger partial charge in [-0.25, -0.2) is 4.98 Å². The van der Waals surface area contributed by atoms with Gasteiger partial charge in [0.2, 0.25) is 5.91 Å². The molecule has 0 spiro atoms. The number of thiophene rings is 1. The lowest BCUT2D eigenvalue weighted by Crippen LogP contribution is -2.25. The Hall–Kier alpha value is -2.97. The molecule has 1 N–H and O–H groups in total. The Kier molecular flexibility index (Phi) is 5.96. The number of aromatic nitrogens is 3. The van der Waals surface area contributed by atoms with Gasteiger partial charge in [-0.3, -0.25) is 19.1 Å². The van der Waals surface area contributed by atoms with E-state index >= 15 is 0 Å². The third-order valence-corrected chi connectivity index (χ3v) is 6.77. The van der Waals surface area contributed by atoms with Crippen molar-refractivity contribution in [2.75, 3.05) is 11.1 Å². The number of benzene rings is 1. The van der Waals surface area contributed by atoms with Gasteiger partial charge >= 0.3 is 0 Å². The van der Waals surface area contributed by atoms with Crippen LogP contribution < -0.4 is 10.9 Å². The zero-order valence-electron chi connectivity index (χ0n) is 16.6. The van der Waals surface area contributed by atoms with Gasteiger partial charge < -0.3 is 5.32 Å². The number of para-hydroxylation sites is 1. The summed E-state index contributed by atoms with van der Waals surface area (Å²) in [6.45, 7) is 4.24. The maximum Gasteiger partial charge on any atom is 0.263 e. The summed E-state index contributed by atoms with van der Waals surface area (Å²) < 4.78 is 1.62. The number of amides is 1. The van der Waals surface area contributed by atoms with E-state index in [9.17, 15) is 9.59 Å². The van der Waals surface area contributed by atoms with Crippen LogP contribution in [0.15, 0.2) is 64.7 Å². The number of carbonyl (C=O) groups is 1. The summed E-state index contributed by atoms with van der Waals surface area (Å²) in [7, 11) is 0. The summed E-state index contributed by atoms with van der Waals surface area (Å²) in [5.41, 5.74) is 2.36. The van der Waals surface area contributed by atoms with E-state index in [1.54, 1.807) is 10.8 Å². The Morgan fingerprint density at radius 1 is 1.13 bits per heavy atom. The predicted molar refractivity (Wildman–Crippen MR) is 122 cm³/mol. The molecule has 0 saturated carbocycles. The van der Waals surface area contributed by atoms with Crippen LogP contribution in [0.3, 0.4) is 0 Å². The van der Waals surface area contributed by atoms with Crippen molar-refractivity contribution in [3.05, 3.63) is 81.2 Å². The molecular formula is C22H20N4O2S2. The Bertz CT molecular complexity index is 1250. The summed E-state index contributed by atoms with van der Waals surface area (Å²) in [4.78, 5) is 36.6. The molecule has 3 aromatic heterocycles. The largest absolute Gasteiger partial charge is 0.325 e. The Labute approximate surface area is 182 Å². The molecule has 0 radical (unpaired) electrons. The van der Waals surface area contributed by atoms with Crippen molar-refractivity contribution in [2.45, 2.75) is 25.5 Å². The van der Waals surface area contributed by atoms with Crippen molar-refractivity contribution in [3.63, 3.8) is 0 Å². The van der Waals surface area contributed by atoms with Crippen molar-refractivity contribution in [2.24, 2.45) is 0 Å². The maximum atomic E-state index is 13.3. The van der Waals surface area contributed by atoms with E-state index in [0.717, 1.165) is 21.8 Å². The van der Waals surface area contributed by atoms with Crippen LogP contribution in [0.4, 0.5) is 5.69 Å². The molecule has 0 unspecified atom stereocenters. The number of nitrogens with one attached hydrogen (secondary N) is 1.